The number of hydrogen-bond acceptors (Lipinski definition) is 6. The molecule has 0 aromatic heterocycles. The summed E-state index contributed by atoms with van der Waals surface area (Å²) >= 11 is 0. The molecular weight excluding hydrogens is 770 g/mol. The van der Waals surface area contributed by atoms with Crippen LogP contribution in [0.25, 0.3) is 0 Å². The van der Waals surface area contributed by atoms with Crippen molar-refractivity contribution in [1.29, 1.82) is 0 Å². The monoisotopic (exact) mass is 875 g/mol. The predicted octanol–water partition coefficient (Wildman–Crippen LogP) is 16.0. The first-order chi connectivity index (χ1) is 29.1. The van der Waals surface area contributed by atoms with Crippen molar-refractivity contribution in [3.05, 3.63) is 0 Å². The fraction of sp³-hybridized carbons (Fsp3) is 0.980. The number of carbonyl (C=O) groups excluding carboxylic acids is 1. The molecule has 0 spiro atoms. The highest BCUT2D eigenvalue weighted by atomic mass is 31.2. The van der Waals surface area contributed by atoms with Crippen molar-refractivity contribution in [3.8, 4) is 0 Å². The van der Waals surface area contributed by atoms with E-state index < -0.39 is 13.9 Å². The van der Waals surface area contributed by atoms with Gasteiger partial charge in [-0.2, -0.15) is 0 Å². The van der Waals surface area contributed by atoms with Crippen molar-refractivity contribution < 1.29 is 37.3 Å². The number of rotatable bonds is 50. The quantitative estimate of drug-likeness (QED) is 0.0282. The van der Waals surface area contributed by atoms with Gasteiger partial charge in [-0.05, 0) is 12.8 Å². The van der Waals surface area contributed by atoms with Crippen LogP contribution >= 0.6 is 7.82 Å². The second-order valence-electron chi connectivity index (χ2n) is 19.3. The zero-order valence-electron chi connectivity index (χ0n) is 41.0. The molecule has 0 fully saturated rings. The van der Waals surface area contributed by atoms with E-state index in [1.165, 1.54) is 212 Å². The lowest BCUT2D eigenvalue weighted by Crippen LogP contribution is -2.37. The fourth-order valence-electron chi connectivity index (χ4n) is 7.85. The highest BCUT2D eigenvalue weighted by molar-refractivity contribution is 7.47. The Morgan fingerprint density at radius 2 is 0.767 bits per heavy atom. The van der Waals surface area contributed by atoms with Gasteiger partial charge in [0.1, 0.15) is 19.3 Å². The zero-order chi connectivity index (χ0) is 44.1. The molecule has 1 N–H and O–H groups in total. The summed E-state index contributed by atoms with van der Waals surface area (Å²) in [4.78, 5) is 23.0. The van der Waals surface area contributed by atoms with Crippen LogP contribution in [0.2, 0.25) is 0 Å². The Bertz CT molecular complexity index is 930. The number of likely N-dealkylation sites (N-methyl/N-ethyl adjacent to an activating group) is 1. The zero-order valence-corrected chi connectivity index (χ0v) is 41.9. The molecule has 0 saturated carbocycles. The van der Waals surface area contributed by atoms with E-state index in [-0.39, 0.29) is 25.8 Å². The third-order valence-corrected chi connectivity index (χ3v) is 12.9. The lowest BCUT2D eigenvalue weighted by atomic mass is 10.0. The summed E-state index contributed by atoms with van der Waals surface area (Å²) in [5, 5.41) is 0. The number of esters is 1. The van der Waals surface area contributed by atoms with E-state index in [1.54, 1.807) is 0 Å². The summed E-state index contributed by atoms with van der Waals surface area (Å²) in [6.07, 6.45) is 50.0. The lowest BCUT2D eigenvalue weighted by molar-refractivity contribution is -0.870. The largest absolute Gasteiger partial charge is 0.472 e. The molecule has 8 nitrogen and oxygen atoms in total. The number of quaternary nitrogens is 1. The average molecular weight is 875 g/mol. The van der Waals surface area contributed by atoms with Crippen LogP contribution in [0.5, 0.6) is 0 Å². The number of nitrogens with zero attached hydrogens (tertiary/aromatic N) is 1. The fourth-order valence-corrected chi connectivity index (χ4v) is 8.59. The van der Waals surface area contributed by atoms with Crippen molar-refractivity contribution in [2.45, 2.75) is 270 Å². The van der Waals surface area contributed by atoms with E-state index >= 15 is 0 Å². The van der Waals surface area contributed by atoms with Crippen molar-refractivity contribution in [2.24, 2.45) is 0 Å². The summed E-state index contributed by atoms with van der Waals surface area (Å²) in [6.45, 7) is 5.71. The van der Waals surface area contributed by atoms with Gasteiger partial charge in [-0.15, -0.1) is 0 Å². The molecule has 0 radical (unpaired) electrons. The second-order valence-corrected chi connectivity index (χ2v) is 20.7. The number of phosphoric ester groups is 1. The standard InChI is InChI=1S/C51H104NO7P/c1-6-8-10-12-14-16-18-20-22-24-26-27-29-31-33-35-37-39-41-43-46-56-48-50(49-58-60(54,55)57-47-45-52(3,4)5)59-51(53)44-42-40-38-36-34-32-30-28-25-23-21-19-17-15-13-11-9-7-2/h50H,6-49H2,1-5H3/p+1. The number of unbranched alkanes of at least 4 members (excludes halogenated alkanes) is 36. The summed E-state index contributed by atoms with van der Waals surface area (Å²) in [5.41, 5.74) is 0. The molecule has 0 aliphatic carbocycles. The van der Waals surface area contributed by atoms with E-state index in [2.05, 4.69) is 13.8 Å². The summed E-state index contributed by atoms with van der Waals surface area (Å²) in [5.74, 6) is -0.304. The van der Waals surface area contributed by atoms with E-state index in [0.717, 1.165) is 32.1 Å². The van der Waals surface area contributed by atoms with Crippen LogP contribution in [-0.2, 0) is 27.9 Å². The number of hydrogen-bond donors (Lipinski definition) is 1. The predicted molar refractivity (Wildman–Crippen MR) is 257 cm³/mol. The minimum Gasteiger partial charge on any atom is -0.457 e. The molecule has 0 aromatic rings. The molecule has 2 atom stereocenters. The van der Waals surface area contributed by atoms with Gasteiger partial charge in [0, 0.05) is 13.0 Å². The Hall–Kier alpha value is -0.500. The van der Waals surface area contributed by atoms with Crippen LogP contribution < -0.4 is 0 Å². The number of phosphoric acid groups is 1. The molecule has 0 aliphatic rings. The lowest BCUT2D eigenvalue weighted by Gasteiger charge is -2.24. The minimum atomic E-state index is -4.27. The second kappa shape index (κ2) is 45.1. The maximum absolute atomic E-state index is 12.8. The van der Waals surface area contributed by atoms with Crippen LogP contribution in [0.15, 0.2) is 0 Å². The molecule has 0 rings (SSSR count). The maximum Gasteiger partial charge on any atom is 0.472 e. The summed E-state index contributed by atoms with van der Waals surface area (Å²) in [6, 6.07) is 0. The first kappa shape index (κ1) is 59.5. The highest BCUT2D eigenvalue weighted by Gasteiger charge is 2.26. The molecule has 0 saturated heterocycles. The Kier molecular flexibility index (Phi) is 44.7. The third kappa shape index (κ3) is 48.5. The Balaban J connectivity index is 4.07. The average Bonchev–Trinajstić information content (AvgIpc) is 3.20. The molecule has 60 heavy (non-hydrogen) atoms. The number of ether oxygens (including phenoxy) is 2. The van der Waals surface area contributed by atoms with Gasteiger partial charge in [0.15, 0.2) is 0 Å². The minimum absolute atomic E-state index is 0.0943. The van der Waals surface area contributed by atoms with Crippen molar-refractivity contribution in [3.63, 3.8) is 0 Å². The Morgan fingerprint density at radius 1 is 0.450 bits per heavy atom. The van der Waals surface area contributed by atoms with E-state index in [1.807, 2.05) is 21.1 Å². The van der Waals surface area contributed by atoms with Gasteiger partial charge >= 0.3 is 13.8 Å². The molecule has 360 valence electrons. The molecule has 0 amide bonds. The van der Waals surface area contributed by atoms with Crippen LogP contribution in [0, 0.1) is 0 Å². The molecule has 0 aromatic carbocycles. The smallest absolute Gasteiger partial charge is 0.457 e. The molecule has 0 bridgehead atoms. The van der Waals surface area contributed by atoms with Crippen LogP contribution in [-0.4, -0.2) is 75.6 Å². The normalized spacial score (nSPS) is 13.5. The summed E-state index contributed by atoms with van der Waals surface area (Å²) < 4.78 is 35.2. The third-order valence-electron chi connectivity index (χ3n) is 11.9. The molecule has 0 heterocycles. The SMILES string of the molecule is CCCCCCCCCCCCCCCCCCCCCCOCC(COP(=O)(O)OCC[N+](C)(C)C)OC(=O)CCCCCCCCCCCCCCCCCCCC. The van der Waals surface area contributed by atoms with Crippen LogP contribution in [0.3, 0.4) is 0 Å². The van der Waals surface area contributed by atoms with Gasteiger partial charge in [0.25, 0.3) is 0 Å². The first-order valence-electron chi connectivity index (χ1n) is 26.3. The van der Waals surface area contributed by atoms with Gasteiger partial charge in [-0.1, -0.05) is 245 Å². The van der Waals surface area contributed by atoms with Gasteiger partial charge in [0.2, 0.25) is 0 Å². The number of carbonyl (C=O) groups is 1. The van der Waals surface area contributed by atoms with Gasteiger partial charge in [-0.25, -0.2) is 4.57 Å². The van der Waals surface area contributed by atoms with Crippen molar-refractivity contribution >= 4 is 13.8 Å². The van der Waals surface area contributed by atoms with Crippen molar-refractivity contribution in [1.82, 2.24) is 0 Å². The maximum atomic E-state index is 12.8. The molecular formula is C51H105NO7P+. The summed E-state index contributed by atoms with van der Waals surface area (Å²) in [7, 11) is 1.69. The van der Waals surface area contributed by atoms with E-state index in [9.17, 15) is 14.3 Å². The van der Waals surface area contributed by atoms with Crippen LogP contribution in [0.1, 0.15) is 264 Å². The van der Waals surface area contributed by atoms with Gasteiger partial charge in [-0.3, -0.25) is 13.8 Å². The Morgan fingerprint density at radius 3 is 1.10 bits per heavy atom. The Labute approximate surface area is 374 Å². The molecule has 0 aliphatic heterocycles. The van der Waals surface area contributed by atoms with Crippen LogP contribution in [0.4, 0.5) is 0 Å². The first-order valence-corrected chi connectivity index (χ1v) is 27.8. The van der Waals surface area contributed by atoms with E-state index in [4.69, 9.17) is 18.5 Å². The highest BCUT2D eigenvalue weighted by Crippen LogP contribution is 2.43. The van der Waals surface area contributed by atoms with Gasteiger partial charge in [0.05, 0.1) is 34.4 Å². The topological polar surface area (TPSA) is 91.3 Å². The molecule has 2 unspecified atom stereocenters. The molecule has 9 heteroatoms. The van der Waals surface area contributed by atoms with E-state index in [0.29, 0.717) is 24.1 Å². The van der Waals surface area contributed by atoms with Crippen molar-refractivity contribution in [2.75, 3.05) is 54.1 Å². The van der Waals surface area contributed by atoms with Gasteiger partial charge < -0.3 is 18.9 Å².